The lowest BCUT2D eigenvalue weighted by atomic mass is 10.3. The number of halogens is 1. The van der Waals surface area contributed by atoms with E-state index in [1.807, 2.05) is 0 Å². The standard InChI is InChI=1S/C11H15ClN4O2S2/c1-8(10-2-3-11(12)19-10)15-20(17,18)9-6-14-16(7-9)5-4-13/h2-3,6-8,15H,4-5,13H2,1H3. The van der Waals surface area contributed by atoms with Crippen molar-refractivity contribution in [2.45, 2.75) is 24.4 Å². The number of aromatic nitrogens is 2. The van der Waals surface area contributed by atoms with E-state index in [-0.39, 0.29) is 10.9 Å². The molecular weight excluding hydrogens is 320 g/mol. The Morgan fingerprint density at radius 1 is 1.55 bits per heavy atom. The Morgan fingerprint density at radius 3 is 2.90 bits per heavy atom. The summed E-state index contributed by atoms with van der Waals surface area (Å²) < 4.78 is 29.2. The largest absolute Gasteiger partial charge is 0.329 e. The predicted molar refractivity (Wildman–Crippen MR) is 79.3 cm³/mol. The third-order valence-corrected chi connectivity index (χ3v) is 5.54. The van der Waals surface area contributed by atoms with E-state index in [0.29, 0.717) is 17.4 Å². The first-order valence-corrected chi connectivity index (χ1v) is 8.60. The summed E-state index contributed by atoms with van der Waals surface area (Å²) in [6, 6.07) is 3.19. The van der Waals surface area contributed by atoms with E-state index in [4.69, 9.17) is 17.3 Å². The third kappa shape index (κ3) is 3.58. The van der Waals surface area contributed by atoms with Crippen molar-refractivity contribution >= 4 is 33.0 Å². The second-order valence-electron chi connectivity index (χ2n) is 4.21. The molecule has 0 aromatic carbocycles. The molecule has 0 saturated carbocycles. The molecule has 0 amide bonds. The molecule has 0 bridgehead atoms. The molecule has 2 aromatic rings. The first kappa shape index (κ1) is 15.5. The molecule has 0 aliphatic heterocycles. The SMILES string of the molecule is CC(NS(=O)(=O)c1cnn(CCN)c1)c1ccc(Cl)s1. The molecule has 0 aliphatic rings. The van der Waals surface area contributed by atoms with Gasteiger partial charge < -0.3 is 5.73 Å². The minimum Gasteiger partial charge on any atom is -0.329 e. The van der Waals surface area contributed by atoms with E-state index in [1.165, 1.54) is 28.4 Å². The summed E-state index contributed by atoms with van der Waals surface area (Å²) in [7, 11) is -3.61. The summed E-state index contributed by atoms with van der Waals surface area (Å²) in [5, 5.41) is 3.96. The second-order valence-corrected chi connectivity index (χ2v) is 7.67. The quantitative estimate of drug-likeness (QED) is 0.839. The zero-order chi connectivity index (χ0) is 14.8. The Hall–Kier alpha value is -0.930. The van der Waals surface area contributed by atoms with E-state index in [2.05, 4.69) is 9.82 Å². The van der Waals surface area contributed by atoms with E-state index >= 15 is 0 Å². The number of rotatable bonds is 6. The zero-order valence-electron chi connectivity index (χ0n) is 10.8. The van der Waals surface area contributed by atoms with Crippen molar-refractivity contribution in [2.75, 3.05) is 6.54 Å². The van der Waals surface area contributed by atoms with Gasteiger partial charge in [0.2, 0.25) is 10.0 Å². The molecule has 20 heavy (non-hydrogen) atoms. The van der Waals surface area contributed by atoms with Gasteiger partial charge in [-0.1, -0.05) is 11.6 Å². The first-order chi connectivity index (χ1) is 9.42. The van der Waals surface area contributed by atoms with Crippen molar-refractivity contribution in [1.82, 2.24) is 14.5 Å². The fraction of sp³-hybridized carbons (Fsp3) is 0.364. The topological polar surface area (TPSA) is 90.0 Å². The highest BCUT2D eigenvalue weighted by molar-refractivity contribution is 7.89. The van der Waals surface area contributed by atoms with Crippen molar-refractivity contribution < 1.29 is 8.42 Å². The number of thiophene rings is 1. The average Bonchev–Trinajstić information content (AvgIpc) is 2.98. The maximum atomic E-state index is 12.2. The molecule has 3 N–H and O–H groups in total. The Kier molecular flexibility index (Phi) is 4.82. The van der Waals surface area contributed by atoms with Crippen molar-refractivity contribution in [3.63, 3.8) is 0 Å². The maximum Gasteiger partial charge on any atom is 0.244 e. The number of nitrogens with zero attached hydrogens (tertiary/aromatic N) is 2. The fourth-order valence-corrected chi connectivity index (χ4v) is 3.97. The van der Waals surface area contributed by atoms with Crippen LogP contribution in [0.5, 0.6) is 0 Å². The van der Waals surface area contributed by atoms with E-state index < -0.39 is 10.0 Å². The number of hydrogen-bond donors (Lipinski definition) is 2. The van der Waals surface area contributed by atoms with Gasteiger partial charge in [0.1, 0.15) is 4.90 Å². The Morgan fingerprint density at radius 2 is 2.30 bits per heavy atom. The smallest absolute Gasteiger partial charge is 0.244 e. The maximum absolute atomic E-state index is 12.2. The molecule has 2 aromatic heterocycles. The average molecular weight is 335 g/mol. The van der Waals surface area contributed by atoms with Crippen molar-refractivity contribution in [3.8, 4) is 0 Å². The van der Waals surface area contributed by atoms with Crippen LogP contribution in [0.3, 0.4) is 0 Å². The van der Waals surface area contributed by atoms with Crippen molar-refractivity contribution in [2.24, 2.45) is 5.73 Å². The monoisotopic (exact) mass is 334 g/mol. The van der Waals surface area contributed by atoms with Crippen molar-refractivity contribution in [1.29, 1.82) is 0 Å². The van der Waals surface area contributed by atoms with Crippen LogP contribution in [0.4, 0.5) is 0 Å². The Balaban J connectivity index is 2.13. The molecule has 1 atom stereocenters. The number of nitrogens with two attached hydrogens (primary N) is 1. The molecule has 6 nitrogen and oxygen atoms in total. The van der Waals surface area contributed by atoms with Gasteiger partial charge in [-0.25, -0.2) is 13.1 Å². The summed E-state index contributed by atoms with van der Waals surface area (Å²) >= 11 is 7.19. The highest BCUT2D eigenvalue weighted by Crippen LogP contribution is 2.27. The lowest BCUT2D eigenvalue weighted by Crippen LogP contribution is -2.26. The van der Waals surface area contributed by atoms with Crippen LogP contribution < -0.4 is 10.5 Å². The van der Waals surface area contributed by atoms with Crippen molar-refractivity contribution in [3.05, 3.63) is 33.7 Å². The molecule has 0 radical (unpaired) electrons. The first-order valence-electron chi connectivity index (χ1n) is 5.92. The molecule has 0 fully saturated rings. The molecule has 1 unspecified atom stereocenters. The van der Waals surface area contributed by atoms with E-state index in [1.54, 1.807) is 19.1 Å². The third-order valence-electron chi connectivity index (χ3n) is 2.63. The fourth-order valence-electron chi connectivity index (χ4n) is 1.66. The van der Waals surface area contributed by atoms with Gasteiger partial charge in [-0.15, -0.1) is 11.3 Å². The van der Waals surface area contributed by atoms with Gasteiger partial charge in [-0.2, -0.15) is 5.10 Å². The molecule has 9 heteroatoms. The van der Waals surface area contributed by atoms with E-state index in [9.17, 15) is 8.42 Å². The van der Waals surface area contributed by atoms with Gasteiger partial charge in [0.05, 0.1) is 23.1 Å². The van der Waals surface area contributed by atoms with Crippen LogP contribution in [0.2, 0.25) is 4.34 Å². The molecule has 2 rings (SSSR count). The van der Waals surface area contributed by atoms with Gasteiger partial charge in [-0.05, 0) is 19.1 Å². The van der Waals surface area contributed by atoms with Gasteiger partial charge >= 0.3 is 0 Å². The summed E-state index contributed by atoms with van der Waals surface area (Å²) in [4.78, 5) is 0.980. The van der Waals surface area contributed by atoms with E-state index in [0.717, 1.165) is 4.88 Å². The van der Waals surface area contributed by atoms with Crippen LogP contribution in [0, 0.1) is 0 Å². The minimum atomic E-state index is -3.61. The van der Waals surface area contributed by atoms with Gasteiger partial charge in [0, 0.05) is 17.6 Å². The van der Waals surface area contributed by atoms with Crippen LogP contribution in [0.15, 0.2) is 29.4 Å². The highest BCUT2D eigenvalue weighted by atomic mass is 35.5. The molecule has 0 saturated heterocycles. The zero-order valence-corrected chi connectivity index (χ0v) is 13.2. The molecule has 2 heterocycles. The summed E-state index contributed by atoms with van der Waals surface area (Å²) in [6.45, 7) is 2.65. The normalized spacial score (nSPS) is 13.6. The van der Waals surface area contributed by atoms with Gasteiger partial charge in [-0.3, -0.25) is 4.68 Å². The van der Waals surface area contributed by atoms with Crippen LogP contribution >= 0.6 is 22.9 Å². The lowest BCUT2D eigenvalue weighted by Gasteiger charge is -2.11. The number of sulfonamides is 1. The lowest BCUT2D eigenvalue weighted by molar-refractivity contribution is 0.567. The summed E-state index contributed by atoms with van der Waals surface area (Å²) in [5.74, 6) is 0. The summed E-state index contributed by atoms with van der Waals surface area (Å²) in [6.07, 6.45) is 2.77. The number of hydrogen-bond acceptors (Lipinski definition) is 5. The minimum absolute atomic E-state index is 0.125. The van der Waals surface area contributed by atoms with Gasteiger partial charge in [0.15, 0.2) is 0 Å². The molecule has 0 aliphatic carbocycles. The molecular formula is C11H15ClN4O2S2. The van der Waals surface area contributed by atoms with Crippen LogP contribution in [0.1, 0.15) is 17.8 Å². The Bertz CT molecular complexity index is 680. The second kappa shape index (κ2) is 6.23. The predicted octanol–water partition coefficient (Wildman–Crippen LogP) is 1.60. The highest BCUT2D eigenvalue weighted by Gasteiger charge is 2.21. The Labute approximate surface area is 126 Å². The molecule has 0 spiro atoms. The number of nitrogens with one attached hydrogen (secondary N) is 1. The van der Waals surface area contributed by atoms with Gasteiger partial charge in [0.25, 0.3) is 0 Å². The van der Waals surface area contributed by atoms with Crippen LogP contribution in [-0.2, 0) is 16.6 Å². The molecule has 110 valence electrons. The van der Waals surface area contributed by atoms with Crippen LogP contribution in [0.25, 0.3) is 0 Å². The summed E-state index contributed by atoms with van der Waals surface area (Å²) in [5.41, 5.74) is 5.40. The van der Waals surface area contributed by atoms with Crippen LogP contribution in [-0.4, -0.2) is 24.7 Å².